The summed E-state index contributed by atoms with van der Waals surface area (Å²) in [6.45, 7) is 0. The van der Waals surface area contributed by atoms with E-state index in [1.165, 1.54) is 6.33 Å². The standard InChI is InChI=1S/C19H19ClN4O3/c1-26-15-7-13(8-16(10-15)27-2)3-6-19(25)23-17-9-14(20)4-5-18(17)24-12-21-11-22-24/h4-5,7-12H,3,6H2,1-2H3,(H,23,25). The minimum absolute atomic E-state index is 0.139. The molecule has 0 bridgehead atoms. The second-order valence-electron chi connectivity index (χ2n) is 5.77. The molecule has 7 nitrogen and oxygen atoms in total. The highest BCUT2D eigenvalue weighted by Crippen LogP contribution is 2.25. The summed E-state index contributed by atoms with van der Waals surface area (Å²) < 4.78 is 12.1. The fourth-order valence-electron chi connectivity index (χ4n) is 2.62. The van der Waals surface area contributed by atoms with Crippen LogP contribution in [0.2, 0.25) is 5.02 Å². The zero-order valence-electron chi connectivity index (χ0n) is 15.0. The Morgan fingerprint density at radius 2 is 1.89 bits per heavy atom. The molecular formula is C19H19ClN4O3. The third-order valence-corrected chi connectivity index (χ3v) is 4.19. The van der Waals surface area contributed by atoms with E-state index in [0.717, 1.165) is 5.56 Å². The number of aromatic nitrogens is 3. The minimum Gasteiger partial charge on any atom is -0.497 e. The Balaban J connectivity index is 1.71. The summed E-state index contributed by atoms with van der Waals surface area (Å²) >= 11 is 6.08. The van der Waals surface area contributed by atoms with Crippen molar-refractivity contribution in [2.24, 2.45) is 0 Å². The lowest BCUT2D eigenvalue weighted by Crippen LogP contribution is -2.14. The minimum atomic E-state index is -0.139. The van der Waals surface area contributed by atoms with E-state index >= 15 is 0 Å². The van der Waals surface area contributed by atoms with Crippen LogP contribution in [0.5, 0.6) is 11.5 Å². The maximum atomic E-state index is 12.5. The molecule has 0 radical (unpaired) electrons. The van der Waals surface area contributed by atoms with Crippen LogP contribution in [0.3, 0.4) is 0 Å². The summed E-state index contributed by atoms with van der Waals surface area (Å²) in [6.07, 6.45) is 3.82. The van der Waals surface area contributed by atoms with Gasteiger partial charge in [-0.05, 0) is 42.3 Å². The SMILES string of the molecule is COc1cc(CCC(=O)Nc2cc(Cl)ccc2-n2cncn2)cc(OC)c1. The van der Waals surface area contributed by atoms with Crippen molar-refractivity contribution < 1.29 is 14.3 Å². The molecule has 0 fully saturated rings. The number of anilines is 1. The molecule has 0 atom stereocenters. The van der Waals surface area contributed by atoms with E-state index in [1.54, 1.807) is 49.5 Å². The molecule has 0 aliphatic rings. The largest absolute Gasteiger partial charge is 0.497 e. The molecule has 1 heterocycles. The van der Waals surface area contributed by atoms with E-state index in [4.69, 9.17) is 21.1 Å². The first-order chi connectivity index (χ1) is 13.1. The fourth-order valence-corrected chi connectivity index (χ4v) is 2.79. The van der Waals surface area contributed by atoms with Gasteiger partial charge in [-0.1, -0.05) is 11.6 Å². The highest BCUT2D eigenvalue weighted by Gasteiger charge is 2.11. The number of carbonyl (C=O) groups is 1. The summed E-state index contributed by atoms with van der Waals surface area (Å²) in [5.41, 5.74) is 2.21. The fraction of sp³-hybridized carbons (Fsp3) is 0.211. The van der Waals surface area contributed by atoms with E-state index in [9.17, 15) is 4.79 Å². The van der Waals surface area contributed by atoms with E-state index in [1.807, 2.05) is 12.1 Å². The van der Waals surface area contributed by atoms with Gasteiger partial charge >= 0.3 is 0 Å². The summed E-state index contributed by atoms with van der Waals surface area (Å²) in [4.78, 5) is 16.4. The van der Waals surface area contributed by atoms with Crippen molar-refractivity contribution in [2.75, 3.05) is 19.5 Å². The number of nitrogens with one attached hydrogen (secondary N) is 1. The molecule has 1 amide bonds. The molecule has 0 saturated carbocycles. The van der Waals surface area contributed by atoms with Gasteiger partial charge in [0.25, 0.3) is 0 Å². The first-order valence-corrected chi connectivity index (χ1v) is 8.63. The Kier molecular flexibility index (Phi) is 5.93. The van der Waals surface area contributed by atoms with Gasteiger partial charge < -0.3 is 14.8 Å². The normalized spacial score (nSPS) is 10.5. The van der Waals surface area contributed by atoms with Crippen LogP contribution in [0.25, 0.3) is 5.69 Å². The van der Waals surface area contributed by atoms with Gasteiger partial charge in [0.15, 0.2) is 0 Å². The number of aryl methyl sites for hydroxylation is 1. The van der Waals surface area contributed by atoms with Crippen LogP contribution >= 0.6 is 11.6 Å². The molecule has 0 saturated heterocycles. The van der Waals surface area contributed by atoms with Crippen LogP contribution in [-0.4, -0.2) is 34.9 Å². The second kappa shape index (κ2) is 8.55. The van der Waals surface area contributed by atoms with Gasteiger partial charge in [-0.15, -0.1) is 0 Å². The average Bonchev–Trinajstić information content (AvgIpc) is 3.20. The van der Waals surface area contributed by atoms with Gasteiger partial charge in [0.2, 0.25) is 5.91 Å². The number of rotatable bonds is 7. The van der Waals surface area contributed by atoms with Crippen molar-refractivity contribution >= 4 is 23.2 Å². The van der Waals surface area contributed by atoms with Crippen molar-refractivity contribution in [2.45, 2.75) is 12.8 Å². The Morgan fingerprint density at radius 3 is 2.52 bits per heavy atom. The van der Waals surface area contributed by atoms with Crippen molar-refractivity contribution in [3.05, 3.63) is 59.6 Å². The second-order valence-corrected chi connectivity index (χ2v) is 6.21. The number of methoxy groups -OCH3 is 2. The van der Waals surface area contributed by atoms with Crippen LogP contribution in [0.15, 0.2) is 49.1 Å². The van der Waals surface area contributed by atoms with Crippen molar-refractivity contribution in [3.8, 4) is 17.2 Å². The van der Waals surface area contributed by atoms with Gasteiger partial charge in [-0.3, -0.25) is 4.79 Å². The first-order valence-electron chi connectivity index (χ1n) is 8.25. The summed E-state index contributed by atoms with van der Waals surface area (Å²) in [6, 6.07) is 10.8. The van der Waals surface area contributed by atoms with Crippen molar-refractivity contribution in [3.63, 3.8) is 0 Å². The van der Waals surface area contributed by atoms with Gasteiger partial charge in [0, 0.05) is 17.5 Å². The topological polar surface area (TPSA) is 78.3 Å². The van der Waals surface area contributed by atoms with Gasteiger partial charge in [0.1, 0.15) is 24.2 Å². The van der Waals surface area contributed by atoms with E-state index in [2.05, 4.69) is 15.4 Å². The van der Waals surface area contributed by atoms with Crippen LogP contribution in [-0.2, 0) is 11.2 Å². The third-order valence-electron chi connectivity index (χ3n) is 3.95. The van der Waals surface area contributed by atoms with Crippen LogP contribution in [0, 0.1) is 0 Å². The zero-order valence-corrected chi connectivity index (χ0v) is 15.7. The number of ether oxygens (including phenoxy) is 2. The Hall–Kier alpha value is -3.06. The number of carbonyl (C=O) groups excluding carboxylic acids is 1. The lowest BCUT2D eigenvalue weighted by molar-refractivity contribution is -0.116. The molecule has 8 heteroatoms. The van der Waals surface area contributed by atoms with Gasteiger partial charge in [-0.2, -0.15) is 5.10 Å². The first kappa shape index (κ1) is 18.7. The maximum Gasteiger partial charge on any atom is 0.224 e. The summed E-state index contributed by atoms with van der Waals surface area (Å²) in [5.74, 6) is 1.24. The van der Waals surface area contributed by atoms with E-state index < -0.39 is 0 Å². The molecule has 140 valence electrons. The van der Waals surface area contributed by atoms with E-state index in [-0.39, 0.29) is 5.91 Å². The van der Waals surface area contributed by atoms with Gasteiger partial charge in [0.05, 0.1) is 25.6 Å². The molecule has 3 aromatic rings. The molecule has 0 aliphatic carbocycles. The molecule has 0 unspecified atom stereocenters. The molecule has 0 spiro atoms. The molecule has 2 aromatic carbocycles. The number of benzene rings is 2. The highest BCUT2D eigenvalue weighted by molar-refractivity contribution is 6.31. The van der Waals surface area contributed by atoms with Crippen LogP contribution < -0.4 is 14.8 Å². The lowest BCUT2D eigenvalue weighted by Gasteiger charge is -2.12. The quantitative estimate of drug-likeness (QED) is 0.672. The highest BCUT2D eigenvalue weighted by atomic mass is 35.5. The number of nitrogens with zero attached hydrogens (tertiary/aromatic N) is 3. The van der Waals surface area contributed by atoms with Gasteiger partial charge in [-0.25, -0.2) is 9.67 Å². The maximum absolute atomic E-state index is 12.5. The Labute approximate surface area is 161 Å². The smallest absolute Gasteiger partial charge is 0.224 e. The van der Waals surface area contributed by atoms with Crippen LogP contribution in [0.1, 0.15) is 12.0 Å². The Bertz CT molecular complexity index is 906. The predicted molar refractivity (Wildman–Crippen MR) is 103 cm³/mol. The number of halogens is 1. The summed E-state index contributed by atoms with van der Waals surface area (Å²) in [5, 5.41) is 7.51. The molecule has 1 aromatic heterocycles. The number of hydrogen-bond donors (Lipinski definition) is 1. The monoisotopic (exact) mass is 386 g/mol. The molecular weight excluding hydrogens is 368 g/mol. The van der Waals surface area contributed by atoms with Crippen LogP contribution in [0.4, 0.5) is 5.69 Å². The molecule has 3 rings (SSSR count). The summed E-state index contributed by atoms with van der Waals surface area (Å²) in [7, 11) is 3.19. The zero-order chi connectivity index (χ0) is 19.2. The Morgan fingerprint density at radius 1 is 1.15 bits per heavy atom. The lowest BCUT2D eigenvalue weighted by atomic mass is 10.1. The van der Waals surface area contributed by atoms with Crippen molar-refractivity contribution in [1.82, 2.24) is 14.8 Å². The van der Waals surface area contributed by atoms with E-state index in [0.29, 0.717) is 40.7 Å². The third kappa shape index (κ3) is 4.77. The predicted octanol–water partition coefficient (Wildman–Crippen LogP) is 3.51. The average molecular weight is 387 g/mol. The molecule has 0 aliphatic heterocycles. The molecule has 1 N–H and O–H groups in total. The van der Waals surface area contributed by atoms with Crippen molar-refractivity contribution in [1.29, 1.82) is 0 Å². The number of amides is 1. The molecule has 27 heavy (non-hydrogen) atoms. The number of hydrogen-bond acceptors (Lipinski definition) is 5.